The number of anilines is 1. The number of hydrogen-bond donors (Lipinski definition) is 2. The van der Waals surface area contributed by atoms with Gasteiger partial charge in [0.1, 0.15) is 6.04 Å². The van der Waals surface area contributed by atoms with Crippen molar-refractivity contribution in [2.45, 2.75) is 57.4 Å². The third-order valence-electron chi connectivity index (χ3n) is 7.75. The maximum absolute atomic E-state index is 13.7. The predicted octanol–water partition coefficient (Wildman–Crippen LogP) is 2.93. The van der Waals surface area contributed by atoms with Gasteiger partial charge in [0.2, 0.25) is 17.7 Å². The van der Waals surface area contributed by atoms with Crippen molar-refractivity contribution in [1.29, 1.82) is 0 Å². The maximum Gasteiger partial charge on any atom is 0.248 e. The molecular weight excluding hydrogens is 366 g/mol. The number of carbonyl (C=O) groups is 3. The molecule has 6 nitrogen and oxygen atoms in total. The molecule has 0 spiro atoms. The Morgan fingerprint density at radius 2 is 1.55 bits per heavy atom. The zero-order valence-corrected chi connectivity index (χ0v) is 16.7. The fourth-order valence-electron chi connectivity index (χ4n) is 6.90. The molecule has 154 valence electrons. The molecule has 1 unspecified atom stereocenters. The van der Waals surface area contributed by atoms with Crippen molar-refractivity contribution in [2.24, 2.45) is 28.9 Å². The lowest BCUT2D eigenvalue weighted by Gasteiger charge is -2.56. The summed E-state index contributed by atoms with van der Waals surface area (Å²) in [5.74, 6) is 1.74. The number of hydrogen-bond acceptors (Lipinski definition) is 3. The topological polar surface area (TPSA) is 92.5 Å². The van der Waals surface area contributed by atoms with Crippen molar-refractivity contribution in [3.63, 3.8) is 0 Å². The Labute approximate surface area is 171 Å². The maximum atomic E-state index is 13.7. The third kappa shape index (κ3) is 3.22. The summed E-state index contributed by atoms with van der Waals surface area (Å²) >= 11 is 0. The van der Waals surface area contributed by atoms with E-state index in [0.29, 0.717) is 42.0 Å². The molecule has 0 aromatic heterocycles. The summed E-state index contributed by atoms with van der Waals surface area (Å²) in [6.45, 7) is 0.680. The molecule has 1 aromatic carbocycles. The molecule has 4 saturated carbocycles. The van der Waals surface area contributed by atoms with Crippen molar-refractivity contribution in [1.82, 2.24) is 4.90 Å². The standard InChI is InChI=1S/C23H29N3O3/c24-20(27)17-3-5-18(6-4-17)25-21(28)19-2-1-7-26(19)22(29)23-11-14-8-15(12-23)10-16(9-14)13-23/h3-6,14-16,19H,1-2,7-13H2,(H2,24,27)(H,25,28). The van der Waals surface area contributed by atoms with Crippen LogP contribution in [0.3, 0.4) is 0 Å². The van der Waals surface area contributed by atoms with Crippen LogP contribution in [-0.4, -0.2) is 35.2 Å². The van der Waals surface area contributed by atoms with E-state index in [0.717, 1.165) is 25.7 Å². The summed E-state index contributed by atoms with van der Waals surface area (Å²) in [6, 6.07) is 6.16. The van der Waals surface area contributed by atoms with Crippen LogP contribution in [0, 0.1) is 23.2 Å². The number of carbonyl (C=O) groups excluding carboxylic acids is 3. The summed E-state index contributed by atoms with van der Waals surface area (Å²) in [7, 11) is 0. The second-order valence-corrected chi connectivity index (χ2v) is 9.79. The average molecular weight is 396 g/mol. The van der Waals surface area contributed by atoms with Crippen LogP contribution in [0.25, 0.3) is 0 Å². The van der Waals surface area contributed by atoms with E-state index in [9.17, 15) is 14.4 Å². The van der Waals surface area contributed by atoms with Crippen molar-refractivity contribution in [3.05, 3.63) is 29.8 Å². The molecule has 6 heteroatoms. The van der Waals surface area contributed by atoms with E-state index in [-0.39, 0.29) is 17.2 Å². The molecule has 3 N–H and O–H groups in total. The lowest BCUT2D eigenvalue weighted by Crippen LogP contribution is -2.56. The first kappa shape index (κ1) is 18.6. The summed E-state index contributed by atoms with van der Waals surface area (Å²) in [5.41, 5.74) is 6.09. The Balaban J connectivity index is 1.30. The summed E-state index contributed by atoms with van der Waals surface area (Å²) in [6.07, 6.45) is 8.57. The molecule has 4 aliphatic carbocycles. The van der Waals surface area contributed by atoms with E-state index in [4.69, 9.17) is 5.73 Å². The second kappa shape index (κ2) is 6.85. The summed E-state index contributed by atoms with van der Waals surface area (Å²) < 4.78 is 0. The first-order valence-corrected chi connectivity index (χ1v) is 11.0. The Morgan fingerprint density at radius 3 is 2.10 bits per heavy atom. The molecule has 1 aromatic rings. The molecule has 3 amide bonds. The fraction of sp³-hybridized carbons (Fsp3) is 0.609. The summed E-state index contributed by atoms with van der Waals surface area (Å²) in [5, 5.41) is 2.92. The highest BCUT2D eigenvalue weighted by Gasteiger charge is 2.56. The van der Waals surface area contributed by atoms with Gasteiger partial charge in [-0.15, -0.1) is 0 Å². The highest BCUT2D eigenvalue weighted by atomic mass is 16.2. The van der Waals surface area contributed by atoms with Crippen molar-refractivity contribution in [3.8, 4) is 0 Å². The van der Waals surface area contributed by atoms with Crippen molar-refractivity contribution in [2.75, 3.05) is 11.9 Å². The minimum absolute atomic E-state index is 0.132. The van der Waals surface area contributed by atoms with Crippen LogP contribution >= 0.6 is 0 Å². The molecule has 6 rings (SSSR count). The van der Waals surface area contributed by atoms with Gasteiger partial charge in [-0.25, -0.2) is 0 Å². The van der Waals surface area contributed by atoms with Gasteiger partial charge < -0.3 is 16.0 Å². The van der Waals surface area contributed by atoms with E-state index >= 15 is 0 Å². The molecule has 1 heterocycles. The molecule has 4 bridgehead atoms. The monoisotopic (exact) mass is 395 g/mol. The van der Waals surface area contributed by atoms with E-state index in [1.807, 2.05) is 4.90 Å². The van der Waals surface area contributed by atoms with Gasteiger partial charge in [-0.3, -0.25) is 14.4 Å². The first-order valence-electron chi connectivity index (χ1n) is 11.0. The zero-order chi connectivity index (χ0) is 20.2. The smallest absolute Gasteiger partial charge is 0.248 e. The molecule has 29 heavy (non-hydrogen) atoms. The molecule has 5 aliphatic rings. The highest BCUT2D eigenvalue weighted by molar-refractivity contribution is 5.99. The van der Waals surface area contributed by atoms with Gasteiger partial charge in [0.05, 0.1) is 5.41 Å². The number of nitrogens with zero attached hydrogens (tertiary/aromatic N) is 1. The van der Waals surface area contributed by atoms with Crippen molar-refractivity contribution >= 4 is 23.4 Å². The Kier molecular flexibility index (Phi) is 4.41. The number of nitrogens with one attached hydrogen (secondary N) is 1. The first-order chi connectivity index (χ1) is 13.9. The number of benzene rings is 1. The molecule has 1 aliphatic heterocycles. The number of rotatable bonds is 4. The number of nitrogens with two attached hydrogens (primary N) is 1. The molecule has 1 atom stereocenters. The van der Waals surface area contributed by atoms with Gasteiger partial charge in [0.25, 0.3) is 0 Å². The van der Waals surface area contributed by atoms with Gasteiger partial charge in [0.15, 0.2) is 0 Å². The van der Waals surface area contributed by atoms with Crippen LogP contribution in [-0.2, 0) is 9.59 Å². The number of likely N-dealkylation sites (tertiary alicyclic amines) is 1. The lowest BCUT2D eigenvalue weighted by atomic mass is 9.49. The van der Waals surface area contributed by atoms with Crippen LogP contribution < -0.4 is 11.1 Å². The zero-order valence-electron chi connectivity index (χ0n) is 16.7. The van der Waals surface area contributed by atoms with Crippen LogP contribution in [0.4, 0.5) is 5.69 Å². The predicted molar refractivity (Wildman–Crippen MR) is 109 cm³/mol. The quantitative estimate of drug-likeness (QED) is 0.821. The van der Waals surface area contributed by atoms with Crippen LogP contribution in [0.15, 0.2) is 24.3 Å². The second-order valence-electron chi connectivity index (χ2n) is 9.79. The fourth-order valence-corrected chi connectivity index (χ4v) is 6.90. The normalized spacial score (nSPS) is 35.0. The van der Waals surface area contributed by atoms with E-state index in [2.05, 4.69) is 5.32 Å². The van der Waals surface area contributed by atoms with Gasteiger partial charge in [-0.1, -0.05) is 0 Å². The SMILES string of the molecule is NC(=O)c1ccc(NC(=O)C2CCCN2C(=O)C23CC4CC(CC(C4)C2)C3)cc1. The molecule has 1 saturated heterocycles. The molecule has 0 radical (unpaired) electrons. The van der Waals surface area contributed by atoms with Crippen molar-refractivity contribution < 1.29 is 14.4 Å². The van der Waals surface area contributed by atoms with E-state index < -0.39 is 11.9 Å². The van der Waals surface area contributed by atoms with Crippen LogP contribution in [0.1, 0.15) is 61.7 Å². The van der Waals surface area contributed by atoms with Crippen LogP contribution in [0.2, 0.25) is 0 Å². The number of amides is 3. The average Bonchev–Trinajstić information content (AvgIpc) is 3.16. The van der Waals surface area contributed by atoms with Gasteiger partial charge in [0, 0.05) is 17.8 Å². The summed E-state index contributed by atoms with van der Waals surface area (Å²) in [4.78, 5) is 39.7. The van der Waals surface area contributed by atoms with Gasteiger partial charge >= 0.3 is 0 Å². The van der Waals surface area contributed by atoms with E-state index in [1.54, 1.807) is 24.3 Å². The van der Waals surface area contributed by atoms with Crippen LogP contribution in [0.5, 0.6) is 0 Å². The van der Waals surface area contributed by atoms with Gasteiger partial charge in [-0.2, -0.15) is 0 Å². The largest absolute Gasteiger partial charge is 0.366 e. The Hall–Kier alpha value is -2.37. The Morgan fingerprint density at radius 1 is 0.966 bits per heavy atom. The highest BCUT2D eigenvalue weighted by Crippen LogP contribution is 2.60. The lowest BCUT2D eigenvalue weighted by molar-refractivity contribution is -0.160. The molecular formula is C23H29N3O3. The minimum Gasteiger partial charge on any atom is -0.366 e. The van der Waals surface area contributed by atoms with Gasteiger partial charge in [-0.05, 0) is 93.4 Å². The Bertz CT molecular complexity index is 812. The third-order valence-corrected chi connectivity index (χ3v) is 7.75. The van der Waals surface area contributed by atoms with E-state index in [1.165, 1.54) is 19.3 Å². The minimum atomic E-state index is -0.494. The molecule has 5 fully saturated rings. The number of primary amides is 1.